The van der Waals surface area contributed by atoms with Gasteiger partial charge in [-0.1, -0.05) is 31.8 Å². The van der Waals surface area contributed by atoms with Crippen molar-refractivity contribution in [2.75, 3.05) is 26.4 Å². The molecule has 0 bridgehead atoms. The second kappa shape index (κ2) is 7.77. The van der Waals surface area contributed by atoms with Crippen LogP contribution in [0.5, 0.6) is 0 Å². The smallest absolute Gasteiger partial charge is 0.151 e. The lowest BCUT2D eigenvalue weighted by Gasteiger charge is -2.13. The lowest BCUT2D eigenvalue weighted by molar-refractivity contribution is 0.371. The third-order valence-corrected chi connectivity index (χ3v) is 5.14. The van der Waals surface area contributed by atoms with Crippen molar-refractivity contribution < 1.29 is 0 Å². The maximum atomic E-state index is 4.55. The third-order valence-electron chi connectivity index (χ3n) is 2.60. The Hall–Kier alpha value is -0.580. The molecule has 100 valence electrons. The van der Waals surface area contributed by atoms with Gasteiger partial charge in [-0.2, -0.15) is 0 Å². The van der Waals surface area contributed by atoms with E-state index in [1.54, 1.807) is 17.4 Å². The molecule has 0 aliphatic carbocycles. The Morgan fingerprint density at radius 3 is 2.61 bits per heavy atom. The van der Waals surface area contributed by atoms with E-state index in [2.05, 4.69) is 44.1 Å². The lowest BCUT2D eigenvalue weighted by atomic mass is 10.1. The van der Waals surface area contributed by atoms with Crippen LogP contribution in [0.2, 0.25) is 0 Å². The summed E-state index contributed by atoms with van der Waals surface area (Å²) < 4.78 is 1.12. The molecule has 0 N–H and O–H groups in total. The monoisotopic (exact) mass is 282 g/mol. The maximum absolute atomic E-state index is 4.55. The van der Waals surface area contributed by atoms with E-state index in [1.165, 1.54) is 6.42 Å². The highest BCUT2D eigenvalue weighted by atomic mass is 32.2. The average molecular weight is 282 g/mol. The summed E-state index contributed by atoms with van der Waals surface area (Å²) in [6.45, 7) is 11.0. The van der Waals surface area contributed by atoms with Gasteiger partial charge in [0.05, 0.1) is 10.6 Å². The largest absolute Gasteiger partial charge is 0.309 e. The second-order valence-electron chi connectivity index (χ2n) is 4.65. The lowest BCUT2D eigenvalue weighted by Crippen LogP contribution is -2.16. The predicted molar refractivity (Wildman–Crippen MR) is 85.4 cm³/mol. The maximum Gasteiger partial charge on any atom is 0.151 e. The van der Waals surface area contributed by atoms with Crippen molar-refractivity contribution in [2.45, 2.75) is 17.7 Å². The Kier molecular flexibility index (Phi) is 6.68. The normalized spacial score (nSPS) is 12.7. The number of nitrogens with zero attached hydrogens (tertiary/aromatic N) is 2. The molecule has 0 radical (unpaired) electrons. The standard InChI is InChI=1S/C14H22N2S2/c1-6-12-13(7-2)18-14(15-12)17-10-11(3)8-9-16(4)5/h6-7,11H,1-2,8-10H2,3-5H3/t11-/m1/s1. The fraction of sp³-hybridized carbons (Fsp3) is 0.500. The van der Waals surface area contributed by atoms with E-state index in [0.717, 1.165) is 27.2 Å². The molecular weight excluding hydrogens is 260 g/mol. The number of aromatic nitrogens is 1. The van der Waals surface area contributed by atoms with Gasteiger partial charge in [-0.3, -0.25) is 0 Å². The van der Waals surface area contributed by atoms with E-state index in [-0.39, 0.29) is 0 Å². The number of hydrogen-bond acceptors (Lipinski definition) is 4. The zero-order chi connectivity index (χ0) is 13.5. The van der Waals surface area contributed by atoms with Crippen molar-refractivity contribution >= 4 is 35.3 Å². The molecule has 18 heavy (non-hydrogen) atoms. The van der Waals surface area contributed by atoms with Crippen molar-refractivity contribution in [3.8, 4) is 0 Å². The Morgan fingerprint density at radius 1 is 1.39 bits per heavy atom. The van der Waals surface area contributed by atoms with Gasteiger partial charge in [0, 0.05) is 5.75 Å². The Labute approximate surface area is 119 Å². The molecule has 0 unspecified atom stereocenters. The van der Waals surface area contributed by atoms with Gasteiger partial charge < -0.3 is 4.90 Å². The van der Waals surface area contributed by atoms with Gasteiger partial charge in [0.25, 0.3) is 0 Å². The highest BCUT2D eigenvalue weighted by Crippen LogP contribution is 2.30. The zero-order valence-corrected chi connectivity index (χ0v) is 13.1. The van der Waals surface area contributed by atoms with E-state index in [4.69, 9.17) is 0 Å². The van der Waals surface area contributed by atoms with Crippen molar-refractivity contribution in [3.63, 3.8) is 0 Å². The van der Waals surface area contributed by atoms with Crippen LogP contribution in [-0.2, 0) is 0 Å². The van der Waals surface area contributed by atoms with Crippen LogP contribution in [0.4, 0.5) is 0 Å². The molecule has 0 spiro atoms. The minimum atomic E-state index is 0.709. The first-order valence-corrected chi connectivity index (χ1v) is 7.90. The third kappa shape index (κ3) is 4.96. The topological polar surface area (TPSA) is 16.1 Å². The average Bonchev–Trinajstić information content (AvgIpc) is 2.76. The number of thiazole rings is 1. The van der Waals surface area contributed by atoms with Crippen LogP contribution in [-0.4, -0.2) is 36.3 Å². The number of thioether (sulfide) groups is 1. The molecular formula is C14H22N2S2. The summed E-state index contributed by atoms with van der Waals surface area (Å²) in [7, 11) is 4.24. The summed E-state index contributed by atoms with van der Waals surface area (Å²) in [5.74, 6) is 1.83. The van der Waals surface area contributed by atoms with E-state index >= 15 is 0 Å². The highest BCUT2D eigenvalue weighted by Gasteiger charge is 2.09. The van der Waals surface area contributed by atoms with Gasteiger partial charge in [0.15, 0.2) is 4.34 Å². The fourth-order valence-corrected chi connectivity index (χ4v) is 3.57. The quantitative estimate of drug-likeness (QED) is 0.668. The first-order valence-electron chi connectivity index (χ1n) is 6.10. The second-order valence-corrected chi connectivity index (χ2v) is 6.94. The van der Waals surface area contributed by atoms with E-state index < -0.39 is 0 Å². The molecule has 1 atom stereocenters. The summed E-state index contributed by atoms with van der Waals surface area (Å²) >= 11 is 3.54. The molecule has 1 heterocycles. The molecule has 0 fully saturated rings. The molecule has 1 aromatic heterocycles. The van der Waals surface area contributed by atoms with E-state index in [9.17, 15) is 0 Å². The van der Waals surface area contributed by atoms with Gasteiger partial charge in [0.2, 0.25) is 0 Å². The van der Waals surface area contributed by atoms with Gasteiger partial charge in [0.1, 0.15) is 0 Å². The van der Waals surface area contributed by atoms with Crippen LogP contribution in [0.1, 0.15) is 23.9 Å². The summed E-state index contributed by atoms with van der Waals surface area (Å²) in [6.07, 6.45) is 4.88. The number of rotatable bonds is 8. The van der Waals surface area contributed by atoms with Crippen molar-refractivity contribution in [1.82, 2.24) is 9.88 Å². The summed E-state index contributed by atoms with van der Waals surface area (Å²) in [6, 6.07) is 0. The van der Waals surface area contributed by atoms with Crippen molar-refractivity contribution in [2.24, 2.45) is 5.92 Å². The molecule has 0 amide bonds. The zero-order valence-electron chi connectivity index (χ0n) is 11.5. The number of hydrogen-bond donors (Lipinski definition) is 0. The Bertz CT molecular complexity index is 371. The molecule has 0 saturated carbocycles. The molecule has 0 saturated heterocycles. The predicted octanol–water partition coefficient (Wildman–Crippen LogP) is 4.11. The molecule has 0 aromatic carbocycles. The van der Waals surface area contributed by atoms with Gasteiger partial charge in [-0.25, -0.2) is 4.98 Å². The van der Waals surface area contributed by atoms with Gasteiger partial charge in [-0.15, -0.1) is 11.3 Å². The molecule has 1 aromatic rings. The van der Waals surface area contributed by atoms with E-state index in [1.807, 2.05) is 17.8 Å². The Balaban J connectivity index is 2.45. The summed E-state index contributed by atoms with van der Waals surface area (Å²) in [5.41, 5.74) is 0.957. The Morgan fingerprint density at radius 2 is 2.11 bits per heavy atom. The highest BCUT2D eigenvalue weighted by molar-refractivity contribution is 8.01. The summed E-state index contributed by atoms with van der Waals surface area (Å²) in [4.78, 5) is 7.90. The van der Waals surface area contributed by atoms with E-state index in [0.29, 0.717) is 5.92 Å². The van der Waals surface area contributed by atoms with Crippen LogP contribution in [0.3, 0.4) is 0 Å². The first-order chi connectivity index (χ1) is 8.56. The molecule has 4 heteroatoms. The van der Waals surface area contributed by atoms with Crippen LogP contribution in [0, 0.1) is 5.92 Å². The molecule has 1 rings (SSSR count). The first kappa shape index (κ1) is 15.5. The van der Waals surface area contributed by atoms with Gasteiger partial charge in [-0.05, 0) is 45.1 Å². The minimum absolute atomic E-state index is 0.709. The molecule has 2 nitrogen and oxygen atoms in total. The van der Waals surface area contributed by atoms with Crippen LogP contribution < -0.4 is 0 Å². The van der Waals surface area contributed by atoms with Crippen molar-refractivity contribution in [3.05, 3.63) is 23.7 Å². The van der Waals surface area contributed by atoms with Crippen LogP contribution >= 0.6 is 23.1 Å². The van der Waals surface area contributed by atoms with Crippen molar-refractivity contribution in [1.29, 1.82) is 0 Å². The summed E-state index contributed by atoms with van der Waals surface area (Å²) in [5, 5.41) is 0. The fourth-order valence-electron chi connectivity index (χ4n) is 1.45. The van der Waals surface area contributed by atoms with Crippen LogP contribution in [0.25, 0.3) is 12.2 Å². The molecule has 0 aliphatic rings. The SMILES string of the molecule is C=Cc1nc(SC[C@H](C)CCN(C)C)sc1C=C. The van der Waals surface area contributed by atoms with Gasteiger partial charge >= 0.3 is 0 Å². The minimum Gasteiger partial charge on any atom is -0.309 e. The van der Waals surface area contributed by atoms with Crippen LogP contribution in [0.15, 0.2) is 17.5 Å². The molecule has 0 aliphatic heterocycles.